The minimum atomic E-state index is -0.151. The summed E-state index contributed by atoms with van der Waals surface area (Å²) < 4.78 is 0. The van der Waals surface area contributed by atoms with Crippen LogP contribution in [0.5, 0.6) is 0 Å². The summed E-state index contributed by atoms with van der Waals surface area (Å²) in [5.41, 5.74) is 3.41. The topological polar surface area (TPSA) is 49.4 Å². The number of aryl methyl sites for hydroxylation is 2. The Hall–Kier alpha value is -2.14. The largest absolute Gasteiger partial charge is 0.345 e. The van der Waals surface area contributed by atoms with E-state index in [-0.39, 0.29) is 11.8 Å². The minimum absolute atomic E-state index is 0.0283. The van der Waals surface area contributed by atoms with Gasteiger partial charge in [-0.1, -0.05) is 24.6 Å². The first-order chi connectivity index (χ1) is 12.0. The summed E-state index contributed by atoms with van der Waals surface area (Å²) >= 11 is 1.57. The fourth-order valence-corrected chi connectivity index (χ4v) is 4.56. The molecule has 2 amide bonds. The lowest BCUT2D eigenvalue weighted by Gasteiger charge is -2.14. The van der Waals surface area contributed by atoms with Crippen molar-refractivity contribution in [1.29, 1.82) is 0 Å². The standard InChI is InChI=1S/C20H24N2O2S/c1-13-9-7-8-10-14(13)18(23)21-19-17(20(24)22(2)3)15-11-5-4-6-12-16(15)25-19/h7-10H,4-6,11-12H2,1-3H3,(H,21,23). The van der Waals surface area contributed by atoms with Crippen molar-refractivity contribution in [2.45, 2.75) is 39.0 Å². The van der Waals surface area contributed by atoms with E-state index in [0.29, 0.717) is 16.1 Å². The van der Waals surface area contributed by atoms with Crippen LogP contribution < -0.4 is 5.32 Å². The van der Waals surface area contributed by atoms with Gasteiger partial charge in [0.1, 0.15) is 5.00 Å². The molecule has 0 radical (unpaired) electrons. The van der Waals surface area contributed by atoms with E-state index in [0.717, 1.165) is 36.8 Å². The van der Waals surface area contributed by atoms with Crippen molar-refractivity contribution in [1.82, 2.24) is 4.90 Å². The molecule has 0 atom stereocenters. The van der Waals surface area contributed by atoms with Gasteiger partial charge in [-0.3, -0.25) is 9.59 Å². The van der Waals surface area contributed by atoms with E-state index >= 15 is 0 Å². The van der Waals surface area contributed by atoms with E-state index < -0.39 is 0 Å². The van der Waals surface area contributed by atoms with E-state index in [2.05, 4.69) is 5.32 Å². The zero-order valence-corrected chi connectivity index (χ0v) is 15.8. The van der Waals surface area contributed by atoms with Crippen molar-refractivity contribution < 1.29 is 9.59 Å². The second kappa shape index (κ2) is 7.40. The van der Waals surface area contributed by atoms with Gasteiger partial charge < -0.3 is 10.2 Å². The number of hydrogen-bond donors (Lipinski definition) is 1. The summed E-state index contributed by atoms with van der Waals surface area (Å²) in [4.78, 5) is 28.4. The zero-order valence-electron chi connectivity index (χ0n) is 15.0. The van der Waals surface area contributed by atoms with Crippen LogP contribution in [0, 0.1) is 6.92 Å². The van der Waals surface area contributed by atoms with Gasteiger partial charge in [-0.15, -0.1) is 11.3 Å². The Balaban J connectivity index is 1.99. The van der Waals surface area contributed by atoms with E-state index in [1.165, 1.54) is 11.3 Å². The van der Waals surface area contributed by atoms with Crippen LogP contribution >= 0.6 is 11.3 Å². The molecule has 25 heavy (non-hydrogen) atoms. The first-order valence-corrected chi connectivity index (χ1v) is 9.54. The molecule has 0 spiro atoms. The summed E-state index contributed by atoms with van der Waals surface area (Å²) in [6, 6.07) is 7.51. The van der Waals surface area contributed by atoms with Gasteiger partial charge in [0.25, 0.3) is 11.8 Å². The quantitative estimate of drug-likeness (QED) is 0.835. The molecule has 1 aromatic heterocycles. The maximum absolute atomic E-state index is 12.8. The zero-order chi connectivity index (χ0) is 18.0. The number of hydrogen-bond acceptors (Lipinski definition) is 3. The highest BCUT2D eigenvalue weighted by Gasteiger charge is 2.27. The number of carbonyl (C=O) groups is 2. The van der Waals surface area contributed by atoms with Gasteiger partial charge in [0, 0.05) is 24.5 Å². The van der Waals surface area contributed by atoms with Crippen molar-refractivity contribution in [3.63, 3.8) is 0 Å². The van der Waals surface area contributed by atoms with Crippen LogP contribution in [0.1, 0.15) is 56.0 Å². The number of anilines is 1. The minimum Gasteiger partial charge on any atom is -0.345 e. The molecule has 0 unspecified atom stereocenters. The number of thiophene rings is 1. The molecule has 3 rings (SSSR count). The van der Waals surface area contributed by atoms with Crippen molar-refractivity contribution in [2.24, 2.45) is 0 Å². The van der Waals surface area contributed by atoms with Gasteiger partial charge in [-0.25, -0.2) is 0 Å². The normalized spacial score (nSPS) is 13.7. The Morgan fingerprint density at radius 2 is 1.80 bits per heavy atom. The third kappa shape index (κ3) is 3.61. The molecule has 1 aliphatic carbocycles. The molecule has 0 bridgehead atoms. The number of carbonyl (C=O) groups excluding carboxylic acids is 2. The summed E-state index contributed by atoms with van der Waals surface area (Å²) in [7, 11) is 3.52. The van der Waals surface area contributed by atoms with E-state index in [1.807, 2.05) is 31.2 Å². The lowest BCUT2D eigenvalue weighted by Crippen LogP contribution is -2.24. The highest BCUT2D eigenvalue weighted by atomic mass is 32.1. The lowest BCUT2D eigenvalue weighted by atomic mass is 10.0. The van der Waals surface area contributed by atoms with Gasteiger partial charge in [0.2, 0.25) is 0 Å². The van der Waals surface area contributed by atoms with Gasteiger partial charge in [0.15, 0.2) is 0 Å². The highest BCUT2D eigenvalue weighted by molar-refractivity contribution is 7.17. The number of nitrogens with one attached hydrogen (secondary N) is 1. The van der Waals surface area contributed by atoms with Crippen molar-refractivity contribution in [3.8, 4) is 0 Å². The molecule has 0 fully saturated rings. The number of rotatable bonds is 3. The van der Waals surface area contributed by atoms with Gasteiger partial charge in [-0.2, -0.15) is 0 Å². The van der Waals surface area contributed by atoms with Crippen LogP contribution in [0.25, 0.3) is 0 Å². The number of amides is 2. The Labute approximate surface area is 152 Å². The SMILES string of the molecule is Cc1ccccc1C(=O)Nc1sc2c(c1C(=O)N(C)C)CCCCC2. The molecule has 4 nitrogen and oxygen atoms in total. The summed E-state index contributed by atoms with van der Waals surface area (Å²) in [6.45, 7) is 1.92. The molecule has 1 aliphatic rings. The molecule has 2 aromatic rings. The molecule has 0 saturated heterocycles. The predicted molar refractivity (Wildman–Crippen MR) is 103 cm³/mol. The average Bonchev–Trinajstić information content (AvgIpc) is 2.75. The van der Waals surface area contributed by atoms with Gasteiger partial charge >= 0.3 is 0 Å². The highest BCUT2D eigenvalue weighted by Crippen LogP contribution is 2.38. The third-order valence-corrected chi connectivity index (χ3v) is 5.87. The Morgan fingerprint density at radius 3 is 2.52 bits per heavy atom. The monoisotopic (exact) mass is 356 g/mol. The smallest absolute Gasteiger partial charge is 0.256 e. The van der Waals surface area contributed by atoms with Crippen molar-refractivity contribution in [3.05, 3.63) is 51.4 Å². The summed E-state index contributed by atoms with van der Waals surface area (Å²) in [6.07, 6.45) is 5.35. The molecule has 0 saturated carbocycles. The fraction of sp³-hybridized carbons (Fsp3) is 0.400. The van der Waals surface area contributed by atoms with E-state index in [4.69, 9.17) is 0 Å². The maximum atomic E-state index is 12.8. The summed E-state index contributed by atoms with van der Waals surface area (Å²) in [5.74, 6) is -0.179. The van der Waals surface area contributed by atoms with Gasteiger partial charge in [-0.05, 0) is 49.8 Å². The van der Waals surface area contributed by atoms with Crippen LogP contribution in [0.4, 0.5) is 5.00 Å². The molecule has 1 N–H and O–H groups in total. The van der Waals surface area contributed by atoms with E-state index in [9.17, 15) is 9.59 Å². The van der Waals surface area contributed by atoms with Crippen LogP contribution in [-0.2, 0) is 12.8 Å². The second-order valence-corrected chi connectivity index (χ2v) is 7.84. The fourth-order valence-electron chi connectivity index (χ4n) is 3.28. The Morgan fingerprint density at radius 1 is 1.08 bits per heavy atom. The number of nitrogens with zero attached hydrogens (tertiary/aromatic N) is 1. The average molecular weight is 356 g/mol. The molecular weight excluding hydrogens is 332 g/mol. The van der Waals surface area contributed by atoms with Crippen LogP contribution in [0.15, 0.2) is 24.3 Å². The number of fused-ring (bicyclic) bond motifs is 1. The van der Waals surface area contributed by atoms with Crippen molar-refractivity contribution in [2.75, 3.05) is 19.4 Å². The van der Waals surface area contributed by atoms with Crippen LogP contribution in [0.2, 0.25) is 0 Å². The molecule has 5 heteroatoms. The maximum Gasteiger partial charge on any atom is 0.256 e. The molecule has 1 aromatic carbocycles. The Kier molecular flexibility index (Phi) is 5.23. The lowest BCUT2D eigenvalue weighted by molar-refractivity contribution is 0.0828. The predicted octanol–water partition coefficient (Wildman–Crippen LogP) is 4.28. The summed E-state index contributed by atoms with van der Waals surface area (Å²) in [5, 5.41) is 3.71. The first-order valence-electron chi connectivity index (χ1n) is 8.72. The van der Waals surface area contributed by atoms with E-state index in [1.54, 1.807) is 30.3 Å². The van der Waals surface area contributed by atoms with Crippen LogP contribution in [0.3, 0.4) is 0 Å². The molecular formula is C20H24N2O2S. The van der Waals surface area contributed by atoms with Gasteiger partial charge in [0.05, 0.1) is 5.56 Å². The molecule has 1 heterocycles. The Bertz CT molecular complexity index is 808. The first kappa shape index (κ1) is 17.7. The van der Waals surface area contributed by atoms with Crippen LogP contribution in [-0.4, -0.2) is 30.8 Å². The number of benzene rings is 1. The molecule has 0 aliphatic heterocycles. The third-order valence-electron chi connectivity index (χ3n) is 4.66. The van der Waals surface area contributed by atoms with Crippen molar-refractivity contribution >= 4 is 28.2 Å². The second-order valence-electron chi connectivity index (χ2n) is 6.74. The molecule has 132 valence electrons.